The summed E-state index contributed by atoms with van der Waals surface area (Å²) in [7, 11) is 0. The van der Waals surface area contributed by atoms with Crippen LogP contribution in [-0.2, 0) is 16.0 Å². The van der Waals surface area contributed by atoms with Crippen molar-refractivity contribution in [3.8, 4) is 11.1 Å². The molecule has 1 amide bonds. The fourth-order valence-electron chi connectivity index (χ4n) is 3.80. The van der Waals surface area contributed by atoms with Crippen LogP contribution in [0.2, 0.25) is 0 Å². The normalized spacial score (nSPS) is 18.5. The van der Waals surface area contributed by atoms with Gasteiger partial charge in [0.25, 0.3) is 0 Å². The van der Waals surface area contributed by atoms with Crippen molar-refractivity contribution < 1.29 is 9.53 Å². The number of piperidine rings is 1. The predicted molar refractivity (Wildman–Crippen MR) is 99.7 cm³/mol. The largest absolute Gasteiger partial charge is 0.371 e. The Hall–Kier alpha value is -2.17. The number of rotatable bonds is 5. The van der Waals surface area contributed by atoms with Crippen molar-refractivity contribution in [1.82, 2.24) is 5.32 Å². The predicted octanol–water partition coefficient (Wildman–Crippen LogP) is 3.21. The van der Waals surface area contributed by atoms with Crippen molar-refractivity contribution in [3.05, 3.63) is 53.6 Å². The lowest BCUT2D eigenvalue weighted by atomic mass is 10.0. The van der Waals surface area contributed by atoms with Crippen LogP contribution in [0.5, 0.6) is 0 Å². The van der Waals surface area contributed by atoms with Crippen molar-refractivity contribution in [2.75, 3.05) is 31.6 Å². The molecule has 2 aromatic carbocycles. The summed E-state index contributed by atoms with van der Waals surface area (Å²) in [6, 6.07) is 14.6. The molecule has 25 heavy (non-hydrogen) atoms. The molecule has 0 bridgehead atoms. The van der Waals surface area contributed by atoms with Gasteiger partial charge < -0.3 is 15.4 Å². The average molecular weight is 336 g/mol. The van der Waals surface area contributed by atoms with Gasteiger partial charge in [0.05, 0.1) is 6.61 Å². The van der Waals surface area contributed by atoms with Gasteiger partial charge >= 0.3 is 0 Å². The first-order valence-electron chi connectivity index (χ1n) is 9.09. The Balaban J connectivity index is 1.31. The maximum Gasteiger partial charge on any atom is 0.250 e. The lowest BCUT2D eigenvalue weighted by molar-refractivity contribution is -0.121. The third-order valence-electron chi connectivity index (χ3n) is 5.06. The van der Waals surface area contributed by atoms with Crippen LogP contribution >= 0.6 is 0 Å². The minimum atomic E-state index is -0.0840. The topological polar surface area (TPSA) is 50.4 Å². The van der Waals surface area contributed by atoms with E-state index in [0.717, 1.165) is 25.2 Å². The molecule has 2 N–H and O–H groups in total. The third-order valence-corrected chi connectivity index (χ3v) is 5.06. The molecule has 4 rings (SSSR count). The van der Waals surface area contributed by atoms with Crippen LogP contribution in [0.15, 0.2) is 42.5 Å². The van der Waals surface area contributed by atoms with Gasteiger partial charge in [-0.2, -0.15) is 0 Å². The molecule has 0 spiro atoms. The Kier molecular flexibility index (Phi) is 4.81. The molecule has 4 heteroatoms. The smallest absolute Gasteiger partial charge is 0.250 e. The summed E-state index contributed by atoms with van der Waals surface area (Å²) in [6.45, 7) is 2.86. The number of amides is 1. The van der Waals surface area contributed by atoms with E-state index in [0.29, 0.717) is 12.5 Å². The zero-order valence-electron chi connectivity index (χ0n) is 14.4. The van der Waals surface area contributed by atoms with Gasteiger partial charge in [0.2, 0.25) is 5.91 Å². The first-order chi connectivity index (χ1) is 12.3. The van der Waals surface area contributed by atoms with Gasteiger partial charge in [0.1, 0.15) is 6.61 Å². The van der Waals surface area contributed by atoms with E-state index in [9.17, 15) is 4.79 Å². The SMILES string of the molecule is O=C(COC[C@@H]1CCCNC1)Nc1ccc2c(c1)Cc1ccccc1-2. The Morgan fingerprint density at radius 1 is 1.16 bits per heavy atom. The maximum atomic E-state index is 12.1. The molecule has 0 saturated carbocycles. The van der Waals surface area contributed by atoms with E-state index < -0.39 is 0 Å². The van der Waals surface area contributed by atoms with Crippen molar-refractivity contribution in [2.45, 2.75) is 19.3 Å². The summed E-state index contributed by atoms with van der Waals surface area (Å²) >= 11 is 0. The minimum absolute atomic E-state index is 0.0840. The van der Waals surface area contributed by atoms with E-state index in [2.05, 4.69) is 47.0 Å². The fraction of sp³-hybridized carbons (Fsp3) is 0.381. The summed E-state index contributed by atoms with van der Waals surface area (Å²) in [5.41, 5.74) is 6.05. The van der Waals surface area contributed by atoms with Gasteiger partial charge in [-0.25, -0.2) is 0 Å². The van der Waals surface area contributed by atoms with Crippen molar-refractivity contribution >= 4 is 11.6 Å². The molecule has 0 radical (unpaired) electrons. The van der Waals surface area contributed by atoms with Gasteiger partial charge in [0, 0.05) is 12.2 Å². The van der Waals surface area contributed by atoms with E-state index >= 15 is 0 Å². The first-order valence-corrected chi connectivity index (χ1v) is 9.09. The van der Waals surface area contributed by atoms with E-state index in [1.54, 1.807) is 0 Å². The quantitative estimate of drug-likeness (QED) is 0.752. The van der Waals surface area contributed by atoms with Gasteiger partial charge in [-0.05, 0) is 66.1 Å². The Morgan fingerprint density at radius 2 is 2.04 bits per heavy atom. The number of carbonyl (C=O) groups excluding carboxylic acids is 1. The molecular weight excluding hydrogens is 312 g/mol. The second-order valence-electron chi connectivity index (χ2n) is 6.98. The summed E-state index contributed by atoms with van der Waals surface area (Å²) in [5, 5.41) is 6.32. The van der Waals surface area contributed by atoms with Crippen LogP contribution in [0.3, 0.4) is 0 Å². The molecule has 130 valence electrons. The van der Waals surface area contributed by atoms with Gasteiger partial charge in [-0.15, -0.1) is 0 Å². The Labute approximate surface area is 148 Å². The van der Waals surface area contributed by atoms with Crippen LogP contribution in [0.25, 0.3) is 11.1 Å². The molecule has 1 saturated heterocycles. The van der Waals surface area contributed by atoms with Crippen molar-refractivity contribution in [1.29, 1.82) is 0 Å². The number of carbonyl (C=O) groups is 1. The molecule has 2 aromatic rings. The lowest BCUT2D eigenvalue weighted by Gasteiger charge is -2.22. The molecule has 0 unspecified atom stereocenters. The highest BCUT2D eigenvalue weighted by molar-refractivity contribution is 5.92. The highest BCUT2D eigenvalue weighted by Gasteiger charge is 2.18. The Morgan fingerprint density at radius 3 is 2.92 bits per heavy atom. The minimum Gasteiger partial charge on any atom is -0.371 e. The zero-order valence-corrected chi connectivity index (χ0v) is 14.4. The number of benzene rings is 2. The molecule has 4 nitrogen and oxygen atoms in total. The first kappa shape index (κ1) is 16.3. The molecule has 1 fully saturated rings. The zero-order chi connectivity index (χ0) is 17.1. The van der Waals surface area contributed by atoms with Crippen LogP contribution in [0.1, 0.15) is 24.0 Å². The number of hydrogen-bond donors (Lipinski definition) is 2. The fourth-order valence-corrected chi connectivity index (χ4v) is 3.80. The molecule has 1 aliphatic carbocycles. The summed E-state index contributed by atoms with van der Waals surface area (Å²) in [5.74, 6) is 0.444. The van der Waals surface area contributed by atoms with Gasteiger partial charge in [-0.1, -0.05) is 30.3 Å². The number of ether oxygens (including phenoxy) is 1. The number of anilines is 1. The molecule has 1 aliphatic heterocycles. The van der Waals surface area contributed by atoms with Crippen molar-refractivity contribution in [3.63, 3.8) is 0 Å². The van der Waals surface area contributed by atoms with E-state index in [1.807, 2.05) is 6.07 Å². The third kappa shape index (κ3) is 3.75. The standard InChI is InChI=1S/C21H24N2O2/c24-21(14-25-13-15-4-3-9-22-12-15)23-18-7-8-20-17(11-18)10-16-5-1-2-6-19(16)20/h1-2,5-8,11,15,22H,3-4,9-10,12-14H2,(H,23,24)/t15-/m1/s1. The number of fused-ring (bicyclic) bond motifs is 3. The maximum absolute atomic E-state index is 12.1. The molecular formula is C21H24N2O2. The van der Waals surface area contributed by atoms with Gasteiger partial charge in [-0.3, -0.25) is 4.79 Å². The van der Waals surface area contributed by atoms with Crippen molar-refractivity contribution in [2.24, 2.45) is 5.92 Å². The second-order valence-corrected chi connectivity index (χ2v) is 6.98. The molecule has 2 aliphatic rings. The highest BCUT2D eigenvalue weighted by atomic mass is 16.5. The molecule has 0 aromatic heterocycles. The van der Waals surface area contributed by atoms with Crippen LogP contribution in [0.4, 0.5) is 5.69 Å². The lowest BCUT2D eigenvalue weighted by Crippen LogP contribution is -2.33. The number of hydrogen-bond acceptors (Lipinski definition) is 3. The highest BCUT2D eigenvalue weighted by Crippen LogP contribution is 2.37. The van der Waals surface area contributed by atoms with E-state index in [1.165, 1.54) is 35.1 Å². The molecule has 1 atom stereocenters. The summed E-state index contributed by atoms with van der Waals surface area (Å²) in [6.07, 6.45) is 3.30. The van der Waals surface area contributed by atoms with Crippen LogP contribution < -0.4 is 10.6 Å². The van der Waals surface area contributed by atoms with E-state index in [4.69, 9.17) is 4.74 Å². The Bertz CT molecular complexity index is 766. The van der Waals surface area contributed by atoms with Crippen LogP contribution in [0, 0.1) is 5.92 Å². The monoisotopic (exact) mass is 336 g/mol. The van der Waals surface area contributed by atoms with E-state index in [-0.39, 0.29) is 12.5 Å². The number of nitrogens with one attached hydrogen (secondary N) is 2. The summed E-state index contributed by atoms with van der Waals surface area (Å²) < 4.78 is 5.60. The molecule has 1 heterocycles. The second kappa shape index (κ2) is 7.38. The average Bonchev–Trinajstić information content (AvgIpc) is 3.00. The van der Waals surface area contributed by atoms with Gasteiger partial charge in [0.15, 0.2) is 0 Å². The van der Waals surface area contributed by atoms with Crippen LogP contribution in [-0.4, -0.2) is 32.2 Å². The summed E-state index contributed by atoms with van der Waals surface area (Å²) in [4.78, 5) is 12.1.